The summed E-state index contributed by atoms with van der Waals surface area (Å²) >= 11 is 25.1. The molecule has 3 saturated carbocycles. The maximum Gasteiger partial charge on any atom is 0.321 e. The normalized spacial score (nSPS) is 30.4. The minimum absolute atomic E-state index is 0. The third-order valence-corrected chi connectivity index (χ3v) is 21.5. The van der Waals surface area contributed by atoms with Gasteiger partial charge in [-0.25, -0.2) is 8.78 Å². The number of carbonyl (C=O) groups excluding carboxylic acids is 5. The number of hydrogen-bond donors (Lipinski definition) is 7. The van der Waals surface area contributed by atoms with E-state index in [1.807, 2.05) is 6.07 Å². The summed E-state index contributed by atoms with van der Waals surface area (Å²) in [6.45, 7) is 9.54. The number of rotatable bonds is 8. The minimum Gasteiger partial charge on any atom is -0.480 e. The number of carbonyl (C=O) groups is 6. The van der Waals surface area contributed by atoms with E-state index >= 15 is 8.78 Å². The molecule has 5 heterocycles. The van der Waals surface area contributed by atoms with Gasteiger partial charge in [-0.3, -0.25) is 34.1 Å². The number of Topliss-reactive ketones (excluding diaryl/α,β-unsaturated/α-hetero) is 1. The fourth-order valence-electron chi connectivity index (χ4n) is 16.0. The average Bonchev–Trinajstić information content (AvgIpc) is 1.53. The van der Waals surface area contributed by atoms with Gasteiger partial charge in [-0.15, -0.1) is 12.4 Å². The van der Waals surface area contributed by atoms with E-state index in [-0.39, 0.29) is 87.3 Å². The SMILES string of the molecule is CC1(C)CCC2(CC1)C[C@@H](C(=O)C[C@@H]1CC[C@@H](C(N)=O)OC1)[C@H](c1cccc(Cl)c1F)[C@]21C(=O)Nc2cc(Cl)ccc21.CC1(C)CCC2(CC1)N[C@@H](C(=O)O)[C@H](c1cccc(Cl)c1F)C21C(=O)Nc2cc(Cl)ccc21.Cl.NC(=O)[C@@H]1CC[C@@H](N)CO1. The molecule has 6 fully saturated rings. The fourth-order valence-corrected chi connectivity index (χ4v) is 16.7. The van der Waals surface area contributed by atoms with E-state index in [1.165, 1.54) is 18.2 Å². The molecule has 0 aromatic heterocycles. The second-order valence-corrected chi connectivity index (χ2v) is 28.2. The first-order valence-electron chi connectivity index (χ1n) is 29.3. The quantitative estimate of drug-likeness (QED) is 0.0873. The number of nitrogens with two attached hydrogens (primary N) is 3. The number of hydrogen-bond acceptors (Lipinski definition) is 10. The Hall–Kier alpha value is -4.95. The highest BCUT2D eigenvalue weighted by Crippen LogP contribution is 2.73. The van der Waals surface area contributed by atoms with Crippen molar-refractivity contribution in [3.8, 4) is 0 Å². The highest BCUT2D eigenvalue weighted by atomic mass is 35.5. The number of carboxylic acid groups (broad SMARTS) is 1. The van der Waals surface area contributed by atoms with Gasteiger partial charge >= 0.3 is 5.97 Å². The van der Waals surface area contributed by atoms with Crippen LogP contribution in [0.15, 0.2) is 72.8 Å². The van der Waals surface area contributed by atoms with Gasteiger partial charge in [0, 0.05) is 57.2 Å². The van der Waals surface area contributed by atoms with Crippen LogP contribution in [-0.2, 0) is 49.1 Å². The lowest BCUT2D eigenvalue weighted by molar-refractivity contribution is -0.140. The molecule has 4 amide bonds. The molecule has 3 aliphatic carbocycles. The van der Waals surface area contributed by atoms with E-state index in [0.29, 0.717) is 77.7 Å². The number of primary amides is 2. The Bertz CT molecular complexity index is 3320. The van der Waals surface area contributed by atoms with Crippen molar-refractivity contribution in [3.05, 3.63) is 127 Å². The summed E-state index contributed by atoms with van der Waals surface area (Å²) in [5.74, 6) is -6.29. The molecule has 86 heavy (non-hydrogen) atoms. The van der Waals surface area contributed by atoms with E-state index < -0.39 is 81.3 Å². The van der Waals surface area contributed by atoms with Crippen molar-refractivity contribution in [2.75, 3.05) is 23.8 Å². The number of fused-ring (bicyclic) bond motifs is 6. The van der Waals surface area contributed by atoms with Crippen molar-refractivity contribution in [2.45, 2.75) is 170 Å². The van der Waals surface area contributed by atoms with Crippen LogP contribution in [0.25, 0.3) is 0 Å². The third kappa shape index (κ3) is 11.5. The lowest BCUT2D eigenvalue weighted by Gasteiger charge is -2.51. The van der Waals surface area contributed by atoms with Gasteiger partial charge in [-0.05, 0) is 164 Å². The molecular formula is C64H75Cl5F2N6O9. The second-order valence-electron chi connectivity index (χ2n) is 26.5. The van der Waals surface area contributed by atoms with E-state index in [4.69, 9.17) is 73.1 Å². The second kappa shape index (κ2) is 24.8. The lowest BCUT2D eigenvalue weighted by atomic mass is 9.51. The molecule has 3 saturated heterocycles. The van der Waals surface area contributed by atoms with Gasteiger partial charge in [0.25, 0.3) is 0 Å². The molecule has 4 aromatic rings. The molecule has 15 nitrogen and oxygen atoms in total. The Morgan fingerprint density at radius 3 is 1.59 bits per heavy atom. The molecule has 5 aliphatic heterocycles. The zero-order chi connectivity index (χ0) is 61.3. The van der Waals surface area contributed by atoms with Gasteiger partial charge in [0.15, 0.2) is 0 Å². The molecule has 10 atom stereocenters. The van der Waals surface area contributed by atoms with E-state index in [1.54, 1.807) is 48.5 Å². The highest BCUT2D eigenvalue weighted by Gasteiger charge is 2.74. The van der Waals surface area contributed by atoms with Crippen LogP contribution in [0.2, 0.25) is 20.1 Å². The Labute approximate surface area is 526 Å². The van der Waals surface area contributed by atoms with E-state index in [0.717, 1.165) is 50.5 Å². The molecule has 4 spiro atoms. The van der Waals surface area contributed by atoms with Crippen molar-refractivity contribution < 1.29 is 52.1 Å². The largest absolute Gasteiger partial charge is 0.480 e. The van der Waals surface area contributed by atoms with Gasteiger partial charge in [0.05, 0.1) is 28.7 Å². The van der Waals surface area contributed by atoms with Crippen molar-refractivity contribution in [3.63, 3.8) is 0 Å². The number of aliphatic carboxylic acids is 1. The fraction of sp³-hybridized carbons (Fsp3) is 0.531. The topological polar surface area (TPSA) is 255 Å². The molecule has 22 heteroatoms. The summed E-state index contributed by atoms with van der Waals surface area (Å²) in [5.41, 5.74) is 15.2. The molecule has 12 rings (SSSR count). The summed E-state index contributed by atoms with van der Waals surface area (Å²) in [5, 5.41) is 20.5. The molecule has 464 valence electrons. The molecule has 8 aliphatic rings. The summed E-state index contributed by atoms with van der Waals surface area (Å²) in [6.07, 6.45) is 8.27. The minimum atomic E-state index is -1.34. The number of nitrogens with one attached hydrogen (secondary N) is 3. The predicted octanol–water partition coefficient (Wildman–Crippen LogP) is 11.9. The molecule has 4 aromatic carbocycles. The van der Waals surface area contributed by atoms with Gasteiger partial charge < -0.3 is 42.4 Å². The van der Waals surface area contributed by atoms with Crippen LogP contribution in [-0.4, -0.2) is 83.5 Å². The number of halogens is 7. The van der Waals surface area contributed by atoms with Crippen molar-refractivity contribution in [2.24, 2.45) is 45.3 Å². The molecule has 1 unspecified atom stereocenters. The predicted molar refractivity (Wildman–Crippen MR) is 329 cm³/mol. The number of carboxylic acids is 1. The molecule has 0 bridgehead atoms. The number of ketones is 1. The van der Waals surface area contributed by atoms with Crippen LogP contribution in [0.1, 0.15) is 152 Å². The lowest BCUT2D eigenvalue weighted by Crippen LogP contribution is -2.61. The van der Waals surface area contributed by atoms with Crippen molar-refractivity contribution in [1.82, 2.24) is 5.32 Å². The number of amides is 4. The Balaban J connectivity index is 0.000000178. The zero-order valence-electron chi connectivity index (χ0n) is 48.5. The van der Waals surface area contributed by atoms with Crippen LogP contribution >= 0.6 is 58.8 Å². The maximum atomic E-state index is 16.1. The van der Waals surface area contributed by atoms with Crippen molar-refractivity contribution in [1.29, 1.82) is 0 Å². The average molecular weight is 1290 g/mol. The Kier molecular flexibility index (Phi) is 18.9. The first-order chi connectivity index (χ1) is 40.1. The van der Waals surface area contributed by atoms with E-state index in [9.17, 15) is 33.9 Å². The highest BCUT2D eigenvalue weighted by molar-refractivity contribution is 6.32. The summed E-state index contributed by atoms with van der Waals surface area (Å²) in [6, 6.07) is 18.9. The van der Waals surface area contributed by atoms with Gasteiger partial charge in [0.1, 0.15) is 41.1 Å². The van der Waals surface area contributed by atoms with Crippen LogP contribution < -0.4 is 33.2 Å². The number of anilines is 2. The Morgan fingerprint density at radius 1 is 0.640 bits per heavy atom. The van der Waals surface area contributed by atoms with Crippen molar-refractivity contribution >= 4 is 106 Å². The monoisotopic (exact) mass is 1280 g/mol. The third-order valence-electron chi connectivity index (χ3n) is 20.5. The molecule has 10 N–H and O–H groups in total. The van der Waals surface area contributed by atoms with Crippen LogP contribution in [0.3, 0.4) is 0 Å². The van der Waals surface area contributed by atoms with Crippen LogP contribution in [0.5, 0.6) is 0 Å². The van der Waals surface area contributed by atoms with Gasteiger partial charge in [-0.1, -0.05) is 110 Å². The standard InChI is InChI=1S/C33H37Cl2FN2O4.C25H25Cl2FN2O3.C6H12N2O2.ClH/c1-31(2)10-12-32(13-11-31)16-21(25(39)14-18-6-9-26(29(37)40)42-17-18)27(20-4-3-5-23(35)28(20)36)33(32)22-8-7-19(34)15-24(22)38-30(33)41;1-23(2)8-10-24(11-9-23)25(15-7-6-13(26)12-17(15)29-22(25)33)18(20(30-24)21(31)32)14-4-3-5-16(27)19(14)28;7-4-1-2-5(6(8)9)10-3-4;/h3-5,7-8,15,18,21,26-27H,6,9-14,16-17H2,1-2H3,(H2,37,40)(H,38,41);3-7,12,18,20,30H,8-11H2,1-2H3,(H,29,33)(H,31,32);4-5H,1-3,7H2,(H2,8,9);1H/t18-,21-,26-,27-,33+;18-,20+,25?;4-,5+;/m001./s1. The van der Waals surface area contributed by atoms with E-state index in [2.05, 4.69) is 43.6 Å². The summed E-state index contributed by atoms with van der Waals surface area (Å²) in [4.78, 5) is 77.7. The first kappa shape index (κ1) is 65.5. The zero-order valence-corrected chi connectivity index (χ0v) is 52.3. The van der Waals surface area contributed by atoms with Gasteiger partial charge in [-0.2, -0.15) is 0 Å². The summed E-state index contributed by atoms with van der Waals surface area (Å²) < 4.78 is 42.3. The molecule has 0 radical (unpaired) electrons. The smallest absolute Gasteiger partial charge is 0.321 e. The molecular weight excluding hydrogens is 1210 g/mol. The Morgan fingerprint density at radius 2 is 1.12 bits per heavy atom. The maximum absolute atomic E-state index is 16.1. The van der Waals surface area contributed by atoms with Gasteiger partial charge in [0.2, 0.25) is 23.6 Å². The summed E-state index contributed by atoms with van der Waals surface area (Å²) in [7, 11) is 0. The number of ether oxygens (including phenoxy) is 2. The first-order valence-corrected chi connectivity index (χ1v) is 30.8. The number of benzene rings is 4. The van der Waals surface area contributed by atoms with Crippen LogP contribution in [0.4, 0.5) is 20.2 Å². The van der Waals surface area contributed by atoms with Crippen LogP contribution in [0, 0.1) is 39.7 Å².